The van der Waals surface area contributed by atoms with Gasteiger partial charge in [-0.15, -0.1) is 22.7 Å². The van der Waals surface area contributed by atoms with Gasteiger partial charge >= 0.3 is 0 Å². The van der Waals surface area contributed by atoms with Gasteiger partial charge in [0.1, 0.15) is 22.1 Å². The van der Waals surface area contributed by atoms with Gasteiger partial charge < -0.3 is 10.1 Å². The van der Waals surface area contributed by atoms with Gasteiger partial charge in [-0.25, -0.2) is 13.1 Å². The molecule has 33 heavy (non-hydrogen) atoms. The molecule has 4 aromatic rings. The first-order valence-electron chi connectivity index (χ1n) is 10.2. The van der Waals surface area contributed by atoms with Crippen LogP contribution in [0.3, 0.4) is 0 Å². The third kappa shape index (κ3) is 5.88. The van der Waals surface area contributed by atoms with E-state index in [0.29, 0.717) is 0 Å². The maximum Gasteiger partial charge on any atom is 0.262 e. The lowest BCUT2D eigenvalue weighted by atomic mass is 10.1. The Labute approximate surface area is 200 Å². The highest BCUT2D eigenvalue weighted by Gasteiger charge is 2.24. The van der Waals surface area contributed by atoms with Gasteiger partial charge in [0.25, 0.3) is 5.91 Å². The van der Waals surface area contributed by atoms with E-state index in [-0.39, 0.29) is 29.5 Å². The fourth-order valence-corrected chi connectivity index (χ4v) is 6.27. The van der Waals surface area contributed by atoms with E-state index in [2.05, 4.69) is 10.0 Å². The molecule has 0 saturated carbocycles. The summed E-state index contributed by atoms with van der Waals surface area (Å²) in [7, 11) is -3.80. The van der Waals surface area contributed by atoms with E-state index in [1.165, 1.54) is 17.4 Å². The number of nitrogens with one attached hydrogen (secondary N) is 2. The molecule has 170 valence electrons. The second kappa shape index (κ2) is 10.8. The normalized spacial score (nSPS) is 11.3. The zero-order valence-corrected chi connectivity index (χ0v) is 20.0. The number of benzene rings is 2. The first-order valence-corrected chi connectivity index (χ1v) is 13.4. The van der Waals surface area contributed by atoms with Crippen molar-refractivity contribution in [3.63, 3.8) is 0 Å². The van der Waals surface area contributed by atoms with Gasteiger partial charge in [-0.2, -0.15) is 0 Å². The van der Waals surface area contributed by atoms with Crippen LogP contribution in [0.5, 0.6) is 5.75 Å². The number of thiophene rings is 2. The molecule has 1 amide bonds. The summed E-state index contributed by atoms with van der Waals surface area (Å²) in [5.74, 6) is 0.275. The zero-order valence-electron chi connectivity index (χ0n) is 17.6. The Hall–Kier alpha value is -2.98. The Bertz CT molecular complexity index is 1300. The van der Waals surface area contributed by atoms with Crippen molar-refractivity contribution >= 4 is 38.6 Å². The number of para-hydroxylation sites is 1. The fraction of sp³-hybridized carbons (Fsp3) is 0.125. The van der Waals surface area contributed by atoms with E-state index in [1.807, 2.05) is 72.1 Å². The number of rotatable bonds is 10. The lowest BCUT2D eigenvalue weighted by Crippen LogP contribution is -2.30. The van der Waals surface area contributed by atoms with Gasteiger partial charge in [0.2, 0.25) is 10.0 Å². The van der Waals surface area contributed by atoms with Gasteiger partial charge in [-0.1, -0.05) is 54.6 Å². The van der Waals surface area contributed by atoms with Crippen molar-refractivity contribution in [2.24, 2.45) is 0 Å². The molecule has 0 spiro atoms. The summed E-state index contributed by atoms with van der Waals surface area (Å²) in [4.78, 5) is 13.7. The summed E-state index contributed by atoms with van der Waals surface area (Å²) < 4.78 is 33.8. The highest BCUT2D eigenvalue weighted by atomic mass is 32.2. The van der Waals surface area contributed by atoms with Crippen LogP contribution in [0.2, 0.25) is 0 Å². The zero-order chi connectivity index (χ0) is 23.1. The maximum absolute atomic E-state index is 12.7. The van der Waals surface area contributed by atoms with Crippen LogP contribution in [0.1, 0.15) is 14.5 Å². The predicted molar refractivity (Wildman–Crippen MR) is 132 cm³/mol. The summed E-state index contributed by atoms with van der Waals surface area (Å²) >= 11 is 2.56. The molecule has 6 nitrogen and oxygen atoms in total. The van der Waals surface area contributed by atoms with E-state index in [4.69, 9.17) is 4.74 Å². The van der Waals surface area contributed by atoms with Crippen LogP contribution in [-0.4, -0.2) is 27.5 Å². The Morgan fingerprint density at radius 1 is 0.879 bits per heavy atom. The lowest BCUT2D eigenvalue weighted by Gasteiger charge is -2.12. The van der Waals surface area contributed by atoms with E-state index < -0.39 is 15.9 Å². The van der Waals surface area contributed by atoms with Gasteiger partial charge in [0.05, 0.1) is 6.54 Å². The van der Waals surface area contributed by atoms with Gasteiger partial charge in [-0.05, 0) is 34.5 Å². The molecule has 0 radical (unpaired) electrons. The number of carbonyl (C=O) groups excluding carboxylic acids is 1. The fourth-order valence-electron chi connectivity index (χ4n) is 3.19. The van der Waals surface area contributed by atoms with Crippen molar-refractivity contribution in [2.45, 2.75) is 11.4 Å². The molecule has 2 heterocycles. The van der Waals surface area contributed by atoms with Crippen LogP contribution in [0.25, 0.3) is 11.1 Å². The van der Waals surface area contributed by atoms with Crippen molar-refractivity contribution in [2.75, 3.05) is 13.2 Å². The molecule has 0 bridgehead atoms. The summed E-state index contributed by atoms with van der Waals surface area (Å²) in [5.41, 5.74) is 2.01. The number of ether oxygens (including phenoxy) is 1. The molecular weight excluding hydrogens is 476 g/mol. The van der Waals surface area contributed by atoms with Crippen molar-refractivity contribution < 1.29 is 17.9 Å². The Morgan fingerprint density at radius 2 is 1.67 bits per heavy atom. The number of amides is 1. The summed E-state index contributed by atoms with van der Waals surface area (Å²) in [6.07, 6.45) is 0. The topological polar surface area (TPSA) is 84.5 Å². The van der Waals surface area contributed by atoms with Gasteiger partial charge in [0, 0.05) is 17.0 Å². The van der Waals surface area contributed by atoms with Crippen LogP contribution in [-0.2, 0) is 16.6 Å². The molecule has 0 fully saturated rings. The van der Waals surface area contributed by atoms with Crippen molar-refractivity contribution in [1.29, 1.82) is 0 Å². The van der Waals surface area contributed by atoms with Crippen LogP contribution < -0.4 is 14.8 Å². The average Bonchev–Trinajstić information content (AvgIpc) is 3.54. The Balaban J connectivity index is 1.34. The van der Waals surface area contributed by atoms with E-state index >= 15 is 0 Å². The molecule has 2 N–H and O–H groups in total. The molecule has 0 aliphatic rings. The third-order valence-corrected chi connectivity index (χ3v) is 8.12. The smallest absolute Gasteiger partial charge is 0.262 e. The first-order chi connectivity index (χ1) is 16.0. The Morgan fingerprint density at radius 3 is 2.45 bits per heavy atom. The van der Waals surface area contributed by atoms with E-state index in [1.54, 1.807) is 5.38 Å². The molecule has 0 saturated heterocycles. The van der Waals surface area contributed by atoms with Crippen LogP contribution in [0.15, 0.2) is 88.5 Å². The summed E-state index contributed by atoms with van der Waals surface area (Å²) in [5, 5.41) is 6.23. The van der Waals surface area contributed by atoms with Crippen molar-refractivity contribution in [3.05, 3.63) is 93.3 Å². The Kier molecular flexibility index (Phi) is 7.56. The van der Waals surface area contributed by atoms with Gasteiger partial charge in [0.15, 0.2) is 0 Å². The SMILES string of the molecule is O=C(NCCOc1ccccc1-c1ccccc1)c1sccc1S(=O)(=O)NCc1cccs1. The molecule has 9 heteroatoms. The second-order valence-corrected chi connectivity index (χ2v) is 10.7. The standard InChI is InChI=1S/C24H22N2O4S3/c27-24(23-22(12-16-32-23)33(28,29)26-17-19-9-6-15-31-19)25-13-14-30-21-11-5-4-10-20(21)18-7-2-1-3-8-18/h1-12,15-16,26H,13-14,17H2,(H,25,27). The molecule has 0 aliphatic heterocycles. The molecule has 2 aromatic heterocycles. The molecule has 2 aromatic carbocycles. The predicted octanol–water partition coefficient (Wildman–Crippen LogP) is 4.76. The monoisotopic (exact) mass is 498 g/mol. The summed E-state index contributed by atoms with van der Waals surface area (Å²) in [6, 6.07) is 22.8. The van der Waals surface area contributed by atoms with Crippen molar-refractivity contribution in [1.82, 2.24) is 10.0 Å². The second-order valence-electron chi connectivity index (χ2n) is 6.98. The number of hydrogen-bond acceptors (Lipinski definition) is 6. The van der Waals surface area contributed by atoms with Crippen LogP contribution >= 0.6 is 22.7 Å². The third-order valence-electron chi connectivity index (χ3n) is 4.76. The number of carbonyl (C=O) groups is 1. The highest BCUT2D eigenvalue weighted by Crippen LogP contribution is 2.29. The largest absolute Gasteiger partial charge is 0.491 e. The molecule has 0 atom stereocenters. The van der Waals surface area contributed by atoms with Gasteiger partial charge in [-0.3, -0.25) is 4.79 Å². The maximum atomic E-state index is 12.7. The molecule has 4 rings (SSSR count). The van der Waals surface area contributed by atoms with Crippen LogP contribution in [0, 0.1) is 0 Å². The van der Waals surface area contributed by atoms with E-state index in [9.17, 15) is 13.2 Å². The molecular formula is C24H22N2O4S3. The lowest BCUT2D eigenvalue weighted by molar-refractivity contribution is 0.0948. The minimum absolute atomic E-state index is 0.0168. The highest BCUT2D eigenvalue weighted by molar-refractivity contribution is 7.89. The van der Waals surface area contributed by atoms with Crippen LogP contribution in [0.4, 0.5) is 0 Å². The minimum Gasteiger partial charge on any atom is -0.491 e. The molecule has 0 unspecified atom stereocenters. The summed E-state index contributed by atoms with van der Waals surface area (Å²) in [6.45, 7) is 0.674. The first kappa shape index (κ1) is 23.2. The molecule has 0 aliphatic carbocycles. The van der Waals surface area contributed by atoms with Crippen molar-refractivity contribution in [3.8, 4) is 16.9 Å². The minimum atomic E-state index is -3.80. The number of sulfonamides is 1. The van der Waals surface area contributed by atoms with E-state index in [0.717, 1.165) is 33.1 Å². The number of hydrogen-bond donors (Lipinski definition) is 2. The average molecular weight is 499 g/mol. The quantitative estimate of drug-likeness (QED) is 0.309.